The third-order valence-electron chi connectivity index (χ3n) is 5.90. The van der Waals surface area contributed by atoms with Crippen molar-refractivity contribution >= 4 is 38.9 Å². The first-order chi connectivity index (χ1) is 13.8. The van der Waals surface area contributed by atoms with Crippen LogP contribution in [-0.4, -0.2) is 62.8 Å². The van der Waals surface area contributed by atoms with Crippen molar-refractivity contribution < 1.29 is 13.2 Å². The van der Waals surface area contributed by atoms with Crippen LogP contribution >= 0.6 is 22.9 Å². The van der Waals surface area contributed by atoms with Crippen molar-refractivity contribution in [3.05, 3.63) is 16.5 Å². The molecule has 0 aliphatic carbocycles. The third kappa shape index (κ3) is 6.66. The predicted octanol–water partition coefficient (Wildman–Crippen LogP) is 3.43. The number of sulfonamides is 1. The maximum atomic E-state index is 12.6. The van der Waals surface area contributed by atoms with Crippen molar-refractivity contribution in [2.45, 2.75) is 49.7 Å². The number of amides is 1. The first-order valence-electron chi connectivity index (χ1n) is 10.6. The summed E-state index contributed by atoms with van der Waals surface area (Å²) in [5.41, 5.74) is 0. The molecule has 1 atom stereocenters. The van der Waals surface area contributed by atoms with Gasteiger partial charge in [0.25, 0.3) is 10.0 Å². The van der Waals surface area contributed by atoms with Gasteiger partial charge in [-0.3, -0.25) is 4.79 Å². The SMILES string of the molecule is C[C@@H]1CCCN(CCCNC(=O)CC2CCN(S(=O)(=O)c3ccc(Cl)s3)CC2)C1. The zero-order valence-electron chi connectivity index (χ0n) is 17.1. The van der Waals surface area contributed by atoms with Gasteiger partial charge in [0, 0.05) is 32.6 Å². The number of nitrogens with zero attached hydrogens (tertiary/aromatic N) is 2. The molecule has 6 nitrogen and oxygen atoms in total. The second-order valence-corrected chi connectivity index (χ2v) is 12.2. The molecule has 0 unspecified atom stereocenters. The lowest BCUT2D eigenvalue weighted by molar-refractivity contribution is -0.122. The molecular weight excluding hydrogens is 430 g/mol. The van der Waals surface area contributed by atoms with Crippen molar-refractivity contribution in [1.82, 2.24) is 14.5 Å². The van der Waals surface area contributed by atoms with Gasteiger partial charge in [-0.2, -0.15) is 4.31 Å². The molecule has 0 radical (unpaired) electrons. The molecule has 29 heavy (non-hydrogen) atoms. The van der Waals surface area contributed by atoms with Crippen molar-refractivity contribution in [2.24, 2.45) is 11.8 Å². The van der Waals surface area contributed by atoms with Crippen LogP contribution in [0.2, 0.25) is 4.34 Å². The molecular formula is C20H32ClN3O3S2. The fourth-order valence-corrected chi connectivity index (χ4v) is 7.38. The van der Waals surface area contributed by atoms with E-state index in [9.17, 15) is 13.2 Å². The Balaban J connectivity index is 1.33. The first kappa shape index (κ1) is 23.0. The highest BCUT2D eigenvalue weighted by Crippen LogP contribution is 2.31. The van der Waals surface area contributed by atoms with Gasteiger partial charge in [0.05, 0.1) is 4.34 Å². The maximum Gasteiger partial charge on any atom is 0.252 e. The number of carbonyl (C=O) groups is 1. The minimum Gasteiger partial charge on any atom is -0.356 e. The van der Waals surface area contributed by atoms with Crippen LogP contribution in [0.25, 0.3) is 0 Å². The van der Waals surface area contributed by atoms with Crippen molar-refractivity contribution in [1.29, 1.82) is 0 Å². The molecule has 1 amide bonds. The van der Waals surface area contributed by atoms with E-state index in [4.69, 9.17) is 11.6 Å². The molecule has 3 rings (SSSR count). The van der Waals surface area contributed by atoms with E-state index in [1.807, 2.05) is 0 Å². The Morgan fingerprint density at radius 2 is 2.00 bits per heavy atom. The molecule has 164 valence electrons. The van der Waals surface area contributed by atoms with Gasteiger partial charge in [-0.25, -0.2) is 8.42 Å². The number of rotatable bonds is 8. The zero-order chi connectivity index (χ0) is 20.9. The van der Waals surface area contributed by atoms with Crippen LogP contribution in [0.5, 0.6) is 0 Å². The van der Waals surface area contributed by atoms with E-state index in [1.54, 1.807) is 12.1 Å². The molecule has 2 aliphatic heterocycles. The number of halogens is 1. The highest BCUT2D eigenvalue weighted by atomic mass is 35.5. The molecule has 0 saturated carbocycles. The largest absolute Gasteiger partial charge is 0.356 e. The maximum absolute atomic E-state index is 12.6. The van der Waals surface area contributed by atoms with Crippen molar-refractivity contribution in [3.8, 4) is 0 Å². The molecule has 1 aromatic rings. The Bertz CT molecular complexity index is 776. The third-order valence-corrected chi connectivity index (χ3v) is 9.50. The second kappa shape index (κ2) is 10.6. The van der Waals surface area contributed by atoms with Gasteiger partial charge in [-0.15, -0.1) is 11.3 Å². The predicted molar refractivity (Wildman–Crippen MR) is 118 cm³/mol. The Morgan fingerprint density at radius 1 is 1.24 bits per heavy atom. The number of hydrogen-bond donors (Lipinski definition) is 1. The summed E-state index contributed by atoms with van der Waals surface area (Å²) >= 11 is 6.97. The summed E-state index contributed by atoms with van der Waals surface area (Å²) in [5.74, 6) is 1.12. The van der Waals surface area contributed by atoms with Crippen LogP contribution in [0.3, 0.4) is 0 Å². The molecule has 1 aromatic heterocycles. The molecule has 0 aromatic carbocycles. The fourth-order valence-electron chi connectivity index (χ4n) is 4.27. The molecule has 1 N–H and O–H groups in total. The summed E-state index contributed by atoms with van der Waals surface area (Å²) in [7, 11) is -3.46. The summed E-state index contributed by atoms with van der Waals surface area (Å²) < 4.78 is 27.6. The highest BCUT2D eigenvalue weighted by Gasteiger charge is 2.31. The summed E-state index contributed by atoms with van der Waals surface area (Å²) in [6.45, 7) is 7.35. The highest BCUT2D eigenvalue weighted by molar-refractivity contribution is 7.91. The average Bonchev–Trinajstić information content (AvgIpc) is 3.13. The molecule has 2 saturated heterocycles. The van der Waals surface area contributed by atoms with Gasteiger partial charge < -0.3 is 10.2 Å². The standard InChI is InChI=1S/C20H32ClN3O3S2/c1-16-4-2-10-23(15-16)11-3-9-22-19(25)14-17-7-12-24(13-8-17)29(26,27)20-6-5-18(21)28-20/h5-6,16-17H,2-4,7-15H2,1H3,(H,22,25)/t16-/m1/s1. The zero-order valence-corrected chi connectivity index (χ0v) is 19.5. The van der Waals surface area contributed by atoms with E-state index in [0.29, 0.717) is 28.1 Å². The lowest BCUT2D eigenvalue weighted by Gasteiger charge is -2.31. The second-order valence-electron chi connectivity index (χ2n) is 8.36. The lowest BCUT2D eigenvalue weighted by atomic mass is 9.94. The van der Waals surface area contributed by atoms with Gasteiger partial charge in [-0.1, -0.05) is 18.5 Å². The van der Waals surface area contributed by atoms with Gasteiger partial charge in [0.2, 0.25) is 5.91 Å². The van der Waals surface area contributed by atoms with E-state index in [2.05, 4.69) is 17.1 Å². The van der Waals surface area contributed by atoms with Crippen LogP contribution in [0.1, 0.15) is 45.4 Å². The summed E-state index contributed by atoms with van der Waals surface area (Å²) in [5, 5.41) is 3.04. The van der Waals surface area contributed by atoms with Crippen molar-refractivity contribution in [3.63, 3.8) is 0 Å². The van der Waals surface area contributed by atoms with E-state index in [1.165, 1.54) is 30.2 Å². The van der Waals surface area contributed by atoms with Crippen LogP contribution in [0.15, 0.2) is 16.3 Å². The smallest absolute Gasteiger partial charge is 0.252 e. The van der Waals surface area contributed by atoms with Gasteiger partial charge in [0.15, 0.2) is 0 Å². The van der Waals surface area contributed by atoms with Crippen LogP contribution < -0.4 is 5.32 Å². The number of piperidine rings is 2. The fraction of sp³-hybridized carbons (Fsp3) is 0.750. The molecule has 2 aliphatic rings. The van der Waals surface area contributed by atoms with Gasteiger partial charge in [0.1, 0.15) is 4.21 Å². The molecule has 0 spiro atoms. The molecule has 0 bridgehead atoms. The van der Waals surface area contributed by atoms with Crippen LogP contribution in [0.4, 0.5) is 0 Å². The number of nitrogens with one attached hydrogen (secondary N) is 1. The Morgan fingerprint density at radius 3 is 2.66 bits per heavy atom. The Hall–Kier alpha value is -0.670. The topological polar surface area (TPSA) is 69.7 Å². The van der Waals surface area contributed by atoms with Crippen LogP contribution in [-0.2, 0) is 14.8 Å². The monoisotopic (exact) mass is 461 g/mol. The van der Waals surface area contributed by atoms with Crippen LogP contribution in [0, 0.1) is 11.8 Å². The number of thiophene rings is 1. The number of likely N-dealkylation sites (tertiary alicyclic amines) is 1. The van der Waals surface area contributed by atoms with Crippen molar-refractivity contribution in [2.75, 3.05) is 39.3 Å². The number of carbonyl (C=O) groups excluding carboxylic acids is 1. The minimum absolute atomic E-state index is 0.0864. The minimum atomic E-state index is -3.46. The Labute approximate surface area is 183 Å². The molecule has 3 heterocycles. The van der Waals surface area contributed by atoms with Gasteiger partial charge >= 0.3 is 0 Å². The van der Waals surface area contributed by atoms with Gasteiger partial charge in [-0.05, 0) is 69.2 Å². The van der Waals surface area contributed by atoms with E-state index in [0.717, 1.165) is 49.6 Å². The molecule has 9 heteroatoms. The summed E-state index contributed by atoms with van der Waals surface area (Å²) in [4.78, 5) is 14.7. The summed E-state index contributed by atoms with van der Waals surface area (Å²) in [6.07, 6.45) is 5.52. The van der Waals surface area contributed by atoms with E-state index in [-0.39, 0.29) is 11.8 Å². The van der Waals surface area contributed by atoms with E-state index < -0.39 is 10.0 Å². The quantitative estimate of drug-likeness (QED) is 0.602. The number of hydrogen-bond acceptors (Lipinski definition) is 5. The lowest BCUT2D eigenvalue weighted by Crippen LogP contribution is -2.39. The van der Waals surface area contributed by atoms with E-state index >= 15 is 0 Å². The average molecular weight is 462 g/mol. The first-order valence-corrected chi connectivity index (χ1v) is 13.2. The molecule has 2 fully saturated rings. The Kier molecular flexibility index (Phi) is 8.39. The normalized spacial score (nSPS) is 22.6. The summed E-state index contributed by atoms with van der Waals surface area (Å²) in [6, 6.07) is 3.18.